The summed E-state index contributed by atoms with van der Waals surface area (Å²) in [6, 6.07) is 9.40. The molecule has 1 aliphatic rings. The van der Waals surface area contributed by atoms with E-state index in [0.29, 0.717) is 12.0 Å². The van der Waals surface area contributed by atoms with E-state index in [1.165, 1.54) is 24.1 Å². The summed E-state index contributed by atoms with van der Waals surface area (Å²) in [4.78, 5) is 2.44. The first kappa shape index (κ1) is 11.6. The number of benzene rings is 1. The van der Waals surface area contributed by atoms with Gasteiger partial charge in [0.05, 0.1) is 0 Å². The van der Waals surface area contributed by atoms with E-state index in [2.05, 4.69) is 55.5 Å². The maximum atomic E-state index is 3.47. The summed E-state index contributed by atoms with van der Waals surface area (Å²) < 4.78 is 0. The van der Waals surface area contributed by atoms with Crippen molar-refractivity contribution in [3.8, 4) is 0 Å². The molecule has 2 atom stereocenters. The van der Waals surface area contributed by atoms with E-state index in [-0.39, 0.29) is 0 Å². The Morgan fingerprint density at radius 1 is 1.31 bits per heavy atom. The summed E-state index contributed by atoms with van der Waals surface area (Å²) in [6.07, 6.45) is 1.24. The number of hydrogen-bond acceptors (Lipinski definition) is 2. The Labute approximate surface area is 98.7 Å². The van der Waals surface area contributed by atoms with Crippen LogP contribution in [0.2, 0.25) is 0 Å². The molecule has 2 unspecified atom stereocenters. The van der Waals surface area contributed by atoms with Gasteiger partial charge in [0, 0.05) is 18.5 Å². The predicted molar refractivity (Wildman–Crippen MR) is 68.9 cm³/mol. The molecule has 0 bridgehead atoms. The highest BCUT2D eigenvalue weighted by Gasteiger charge is 2.28. The number of nitrogens with zero attached hydrogens (tertiary/aromatic N) is 1. The zero-order valence-corrected chi connectivity index (χ0v) is 10.5. The molecule has 0 spiro atoms. The second-order valence-corrected chi connectivity index (χ2v) is 4.91. The smallest absolute Gasteiger partial charge is 0.0157 e. The van der Waals surface area contributed by atoms with Gasteiger partial charge in [0.25, 0.3) is 0 Å². The van der Waals surface area contributed by atoms with Gasteiger partial charge in [0.15, 0.2) is 0 Å². The molecule has 16 heavy (non-hydrogen) atoms. The molecule has 2 heteroatoms. The van der Waals surface area contributed by atoms with Crippen molar-refractivity contribution in [2.24, 2.45) is 0 Å². The molecular formula is C14H22N2. The first-order valence-corrected chi connectivity index (χ1v) is 6.13. The fourth-order valence-corrected chi connectivity index (χ4v) is 2.78. The van der Waals surface area contributed by atoms with Crippen molar-refractivity contribution in [3.63, 3.8) is 0 Å². The Morgan fingerprint density at radius 2 is 2.06 bits per heavy atom. The number of likely N-dealkylation sites (N-methyl/N-ethyl adjacent to an activating group) is 2. The second kappa shape index (κ2) is 4.98. The lowest BCUT2D eigenvalue weighted by Crippen LogP contribution is -2.45. The normalized spacial score (nSPS) is 26.9. The molecule has 1 saturated heterocycles. The Bertz CT molecular complexity index is 348. The third-order valence-corrected chi connectivity index (χ3v) is 3.77. The van der Waals surface area contributed by atoms with Crippen LogP contribution >= 0.6 is 0 Å². The molecule has 1 fully saturated rings. The monoisotopic (exact) mass is 218 g/mol. The van der Waals surface area contributed by atoms with Gasteiger partial charge in [0.2, 0.25) is 0 Å². The van der Waals surface area contributed by atoms with E-state index in [1.54, 1.807) is 0 Å². The molecule has 2 rings (SSSR count). The number of rotatable bonds is 2. The van der Waals surface area contributed by atoms with Crippen LogP contribution in [0.15, 0.2) is 24.3 Å². The number of likely N-dealkylation sites (tertiary alicyclic amines) is 1. The lowest BCUT2D eigenvalue weighted by molar-refractivity contribution is 0.211. The van der Waals surface area contributed by atoms with Crippen molar-refractivity contribution in [2.75, 3.05) is 27.2 Å². The minimum atomic E-state index is 0.622. The molecule has 2 nitrogen and oxygen atoms in total. The highest BCUT2D eigenvalue weighted by atomic mass is 15.1. The maximum absolute atomic E-state index is 3.47. The van der Waals surface area contributed by atoms with Gasteiger partial charge in [-0.2, -0.15) is 0 Å². The Hall–Kier alpha value is -0.860. The summed E-state index contributed by atoms with van der Waals surface area (Å²) in [5.41, 5.74) is 2.93. The summed E-state index contributed by atoms with van der Waals surface area (Å²) >= 11 is 0. The average Bonchev–Trinajstić information content (AvgIpc) is 2.29. The largest absolute Gasteiger partial charge is 0.316 e. The Kier molecular flexibility index (Phi) is 3.62. The topological polar surface area (TPSA) is 15.3 Å². The molecule has 0 amide bonds. The molecular weight excluding hydrogens is 196 g/mol. The zero-order valence-electron chi connectivity index (χ0n) is 10.5. The molecule has 0 aromatic heterocycles. The minimum Gasteiger partial charge on any atom is -0.316 e. The van der Waals surface area contributed by atoms with Gasteiger partial charge in [-0.15, -0.1) is 0 Å². The highest BCUT2D eigenvalue weighted by Crippen LogP contribution is 2.28. The molecule has 1 N–H and O–H groups in total. The van der Waals surface area contributed by atoms with Gasteiger partial charge in [-0.3, -0.25) is 0 Å². The Morgan fingerprint density at radius 3 is 2.75 bits per heavy atom. The van der Waals surface area contributed by atoms with Crippen LogP contribution in [0.3, 0.4) is 0 Å². The van der Waals surface area contributed by atoms with Crippen LogP contribution in [-0.4, -0.2) is 38.1 Å². The zero-order chi connectivity index (χ0) is 11.5. The van der Waals surface area contributed by atoms with Crippen LogP contribution in [0.1, 0.15) is 23.5 Å². The summed E-state index contributed by atoms with van der Waals surface area (Å²) in [7, 11) is 4.30. The quantitative estimate of drug-likeness (QED) is 0.817. The fourth-order valence-electron chi connectivity index (χ4n) is 2.78. The molecule has 1 aliphatic heterocycles. The first-order chi connectivity index (χ1) is 7.72. The molecule has 0 saturated carbocycles. The van der Waals surface area contributed by atoms with Crippen LogP contribution in [0.4, 0.5) is 0 Å². The van der Waals surface area contributed by atoms with Crippen molar-refractivity contribution in [2.45, 2.75) is 25.3 Å². The van der Waals surface area contributed by atoms with Crippen molar-refractivity contribution in [3.05, 3.63) is 35.4 Å². The second-order valence-electron chi connectivity index (χ2n) is 4.91. The molecule has 1 aromatic rings. The third-order valence-electron chi connectivity index (χ3n) is 3.77. The number of piperidine rings is 1. The predicted octanol–water partition coefficient (Wildman–Crippen LogP) is 2.00. The number of nitrogens with one attached hydrogen (secondary N) is 1. The van der Waals surface area contributed by atoms with E-state index in [0.717, 1.165) is 6.54 Å². The van der Waals surface area contributed by atoms with Crippen LogP contribution in [0.5, 0.6) is 0 Å². The minimum absolute atomic E-state index is 0.622. The standard InChI is InChI=1S/C14H22N2/c1-11-6-4-5-7-12(11)13-10-16(3)9-8-14(13)15-2/h4-7,13-15H,8-10H2,1-3H3. The van der Waals surface area contributed by atoms with Crippen LogP contribution < -0.4 is 5.32 Å². The van der Waals surface area contributed by atoms with E-state index in [4.69, 9.17) is 0 Å². The molecule has 88 valence electrons. The Balaban J connectivity index is 2.26. The van der Waals surface area contributed by atoms with Gasteiger partial charge < -0.3 is 10.2 Å². The number of aryl methyl sites for hydroxylation is 1. The lowest BCUT2D eigenvalue weighted by atomic mass is 9.84. The van der Waals surface area contributed by atoms with Gasteiger partial charge in [-0.05, 0) is 45.1 Å². The summed E-state index contributed by atoms with van der Waals surface area (Å²) in [6.45, 7) is 4.58. The van der Waals surface area contributed by atoms with Gasteiger partial charge in [0.1, 0.15) is 0 Å². The maximum Gasteiger partial charge on any atom is 0.0157 e. The fraction of sp³-hybridized carbons (Fsp3) is 0.571. The average molecular weight is 218 g/mol. The van der Waals surface area contributed by atoms with Crippen molar-refractivity contribution in [1.82, 2.24) is 10.2 Å². The van der Waals surface area contributed by atoms with Crippen LogP contribution in [-0.2, 0) is 0 Å². The molecule has 0 radical (unpaired) electrons. The van der Waals surface area contributed by atoms with Crippen molar-refractivity contribution < 1.29 is 0 Å². The molecule has 0 aliphatic carbocycles. The van der Waals surface area contributed by atoms with Crippen LogP contribution in [0.25, 0.3) is 0 Å². The van der Waals surface area contributed by atoms with E-state index >= 15 is 0 Å². The van der Waals surface area contributed by atoms with Gasteiger partial charge >= 0.3 is 0 Å². The molecule has 1 aromatic carbocycles. The number of hydrogen-bond donors (Lipinski definition) is 1. The summed E-state index contributed by atoms with van der Waals surface area (Å²) in [5.74, 6) is 0.630. The highest BCUT2D eigenvalue weighted by molar-refractivity contribution is 5.31. The van der Waals surface area contributed by atoms with E-state index in [1.807, 2.05) is 0 Å². The van der Waals surface area contributed by atoms with E-state index in [9.17, 15) is 0 Å². The first-order valence-electron chi connectivity index (χ1n) is 6.13. The van der Waals surface area contributed by atoms with Crippen molar-refractivity contribution in [1.29, 1.82) is 0 Å². The van der Waals surface area contributed by atoms with Crippen molar-refractivity contribution >= 4 is 0 Å². The van der Waals surface area contributed by atoms with Crippen LogP contribution in [0, 0.1) is 6.92 Å². The van der Waals surface area contributed by atoms with E-state index < -0.39 is 0 Å². The molecule has 1 heterocycles. The van der Waals surface area contributed by atoms with Gasteiger partial charge in [-0.25, -0.2) is 0 Å². The lowest BCUT2D eigenvalue weighted by Gasteiger charge is -2.37. The van der Waals surface area contributed by atoms with Gasteiger partial charge in [-0.1, -0.05) is 24.3 Å². The SMILES string of the molecule is CNC1CCN(C)CC1c1ccccc1C. The third kappa shape index (κ3) is 2.28. The summed E-state index contributed by atoms with van der Waals surface area (Å²) in [5, 5.41) is 3.47.